The molecule has 50 heavy (non-hydrogen) atoms. The van der Waals surface area contributed by atoms with Crippen LogP contribution in [0.1, 0.15) is 61.7 Å². The van der Waals surface area contributed by atoms with Crippen LogP contribution >= 0.6 is 0 Å². The largest absolute Gasteiger partial charge is 0.288 e. The van der Waals surface area contributed by atoms with E-state index >= 15 is 0 Å². The minimum atomic E-state index is -0.204. The van der Waals surface area contributed by atoms with Crippen LogP contribution < -0.4 is 0 Å². The van der Waals surface area contributed by atoms with Crippen molar-refractivity contribution < 1.29 is 9.59 Å². The number of Topliss-reactive ketones (excluding diaryl/α,β-unsaturated/α-hetero) is 2. The third-order valence-corrected chi connectivity index (χ3v) is 10.7. The molecule has 2 nitrogen and oxygen atoms in total. The summed E-state index contributed by atoms with van der Waals surface area (Å²) in [6, 6.07) is 55.3. The van der Waals surface area contributed by atoms with E-state index < -0.39 is 0 Å². The highest BCUT2D eigenvalue weighted by Gasteiger charge is 2.33. The van der Waals surface area contributed by atoms with Crippen LogP contribution in [0.25, 0.3) is 49.2 Å². The lowest BCUT2D eigenvalue weighted by molar-refractivity contribution is 0.0990. The number of carbonyl (C=O) groups is 2. The predicted octanol–water partition coefficient (Wildman–Crippen LogP) is 11.9. The van der Waals surface area contributed by atoms with Gasteiger partial charge in [0.15, 0.2) is 11.6 Å². The molecule has 0 heterocycles. The van der Waals surface area contributed by atoms with Crippen LogP contribution in [0, 0.1) is 0 Å². The Morgan fingerprint density at radius 3 is 1.74 bits per heavy atom. The van der Waals surface area contributed by atoms with Gasteiger partial charge in [0.25, 0.3) is 0 Å². The van der Waals surface area contributed by atoms with Crippen LogP contribution in [-0.2, 0) is 6.42 Å². The number of rotatable bonds is 6. The summed E-state index contributed by atoms with van der Waals surface area (Å²) in [7, 11) is 0. The molecule has 1 aliphatic rings. The Morgan fingerprint density at radius 2 is 1.00 bits per heavy atom. The summed E-state index contributed by atoms with van der Waals surface area (Å²) in [4.78, 5) is 26.9. The molecule has 0 saturated carbocycles. The van der Waals surface area contributed by atoms with E-state index in [0.717, 1.165) is 33.5 Å². The summed E-state index contributed by atoms with van der Waals surface area (Å²) in [5, 5.41) is 9.21. The summed E-state index contributed by atoms with van der Waals surface area (Å²) in [6.07, 6.45) is 2.67. The van der Waals surface area contributed by atoms with Gasteiger partial charge >= 0.3 is 0 Å². The van der Waals surface area contributed by atoms with E-state index in [1.165, 1.54) is 38.2 Å². The highest BCUT2D eigenvalue weighted by atomic mass is 16.2. The Balaban J connectivity index is 1.08. The van der Waals surface area contributed by atoms with Crippen LogP contribution in [0.4, 0.5) is 0 Å². The molecule has 8 aromatic carbocycles. The van der Waals surface area contributed by atoms with Gasteiger partial charge < -0.3 is 0 Å². The standard InChI is InChI=1S/C48H34O2/c1-30(34-20-19-32-9-2-3-11-35(32)25-34)43(29-40-15-8-14-33-10-6-7-16-42(33)40)41-22-21-38-23-31(17-18-39(38)26-41)24-46-47(49)44-27-36-12-4-5-13-37(36)28-45(44)48(46)50/h2-28,30,43H,29H2,1H3. The normalized spacial score (nSPS) is 14.1. The first-order valence-corrected chi connectivity index (χ1v) is 17.3. The number of carbonyl (C=O) groups excluding carboxylic acids is 2. The van der Waals surface area contributed by atoms with Gasteiger partial charge in [0, 0.05) is 11.1 Å². The molecule has 1 aliphatic carbocycles. The molecule has 2 unspecified atom stereocenters. The van der Waals surface area contributed by atoms with Gasteiger partial charge in [-0.25, -0.2) is 0 Å². The average molecular weight is 643 g/mol. The lowest BCUT2D eigenvalue weighted by Crippen LogP contribution is -2.12. The van der Waals surface area contributed by atoms with Crippen molar-refractivity contribution >= 4 is 60.7 Å². The molecule has 9 rings (SSSR count). The maximum Gasteiger partial charge on any atom is 0.197 e. The lowest BCUT2D eigenvalue weighted by Gasteiger charge is -2.27. The second-order valence-corrected chi connectivity index (χ2v) is 13.7. The Labute approximate surface area is 291 Å². The Hall–Kier alpha value is -6.12. The highest BCUT2D eigenvalue weighted by Crippen LogP contribution is 2.39. The summed E-state index contributed by atoms with van der Waals surface area (Å²) in [6.45, 7) is 2.36. The quantitative estimate of drug-likeness (QED) is 0.134. The summed E-state index contributed by atoms with van der Waals surface area (Å²) in [5.74, 6) is 0.0870. The van der Waals surface area contributed by atoms with Gasteiger partial charge in [-0.05, 0) is 108 Å². The molecule has 0 aliphatic heterocycles. The Bertz CT molecular complexity index is 2630. The van der Waals surface area contributed by atoms with Crippen LogP contribution in [0.2, 0.25) is 0 Å². The maximum absolute atomic E-state index is 13.4. The van der Waals surface area contributed by atoms with Crippen LogP contribution in [-0.4, -0.2) is 11.6 Å². The minimum Gasteiger partial charge on any atom is -0.288 e. The molecule has 0 amide bonds. The van der Waals surface area contributed by atoms with Gasteiger partial charge in [-0.3, -0.25) is 9.59 Å². The second kappa shape index (κ2) is 12.1. The molecule has 0 bridgehead atoms. The van der Waals surface area contributed by atoms with Crippen LogP contribution in [0.15, 0.2) is 163 Å². The van der Waals surface area contributed by atoms with Gasteiger partial charge in [0.1, 0.15) is 0 Å². The molecule has 0 radical (unpaired) electrons. The molecule has 0 saturated heterocycles. The molecular weight excluding hydrogens is 609 g/mol. The molecule has 0 N–H and O–H groups in total. The van der Waals surface area contributed by atoms with E-state index in [-0.39, 0.29) is 29.0 Å². The first kappa shape index (κ1) is 30.0. The molecule has 0 spiro atoms. The number of allylic oxidation sites excluding steroid dienone is 1. The Kier molecular flexibility index (Phi) is 7.25. The molecule has 0 aromatic heterocycles. The fourth-order valence-electron chi connectivity index (χ4n) is 7.92. The third-order valence-electron chi connectivity index (χ3n) is 10.7. The lowest BCUT2D eigenvalue weighted by atomic mass is 9.77. The zero-order valence-electron chi connectivity index (χ0n) is 27.8. The number of benzene rings is 8. The minimum absolute atomic E-state index is 0.204. The topological polar surface area (TPSA) is 34.1 Å². The first-order valence-electron chi connectivity index (χ1n) is 17.3. The third kappa shape index (κ3) is 5.21. The Morgan fingerprint density at radius 1 is 0.480 bits per heavy atom. The van der Waals surface area contributed by atoms with Crippen molar-refractivity contribution in [3.63, 3.8) is 0 Å². The first-order chi connectivity index (χ1) is 24.5. The summed E-state index contributed by atoms with van der Waals surface area (Å²) < 4.78 is 0. The van der Waals surface area contributed by atoms with E-state index in [9.17, 15) is 9.59 Å². The molecule has 2 heteroatoms. The molecular formula is C48H34O2. The zero-order valence-corrected chi connectivity index (χ0v) is 27.8. The van der Waals surface area contributed by atoms with E-state index in [2.05, 4.69) is 122 Å². The van der Waals surface area contributed by atoms with Gasteiger partial charge in [-0.1, -0.05) is 146 Å². The van der Waals surface area contributed by atoms with Gasteiger partial charge in [0.2, 0.25) is 0 Å². The summed E-state index contributed by atoms with van der Waals surface area (Å²) in [5.41, 5.74) is 6.02. The second-order valence-electron chi connectivity index (χ2n) is 13.7. The zero-order chi connectivity index (χ0) is 33.8. The van der Waals surface area contributed by atoms with Crippen molar-refractivity contribution in [1.82, 2.24) is 0 Å². The fourth-order valence-corrected chi connectivity index (χ4v) is 7.92. The van der Waals surface area contributed by atoms with Crippen LogP contribution in [0.3, 0.4) is 0 Å². The number of fused-ring (bicyclic) bond motifs is 5. The van der Waals surface area contributed by atoms with Crippen molar-refractivity contribution in [3.05, 3.63) is 197 Å². The highest BCUT2D eigenvalue weighted by molar-refractivity contribution is 6.42. The van der Waals surface area contributed by atoms with Crippen molar-refractivity contribution in [3.8, 4) is 0 Å². The van der Waals surface area contributed by atoms with E-state index in [1.54, 1.807) is 6.08 Å². The number of ketones is 2. The van der Waals surface area contributed by atoms with E-state index in [1.807, 2.05) is 42.5 Å². The van der Waals surface area contributed by atoms with Crippen LogP contribution in [0.5, 0.6) is 0 Å². The predicted molar refractivity (Wildman–Crippen MR) is 207 cm³/mol. The van der Waals surface area contributed by atoms with Gasteiger partial charge in [-0.2, -0.15) is 0 Å². The number of hydrogen-bond acceptors (Lipinski definition) is 2. The number of hydrogen-bond donors (Lipinski definition) is 0. The fraction of sp³-hybridized carbons (Fsp3) is 0.0833. The van der Waals surface area contributed by atoms with Crippen molar-refractivity contribution in [2.24, 2.45) is 0 Å². The molecule has 0 fully saturated rings. The monoisotopic (exact) mass is 642 g/mol. The van der Waals surface area contributed by atoms with Crippen molar-refractivity contribution in [2.75, 3.05) is 0 Å². The van der Waals surface area contributed by atoms with E-state index in [4.69, 9.17) is 0 Å². The average Bonchev–Trinajstić information content (AvgIpc) is 3.39. The maximum atomic E-state index is 13.4. The van der Waals surface area contributed by atoms with E-state index in [0.29, 0.717) is 11.1 Å². The van der Waals surface area contributed by atoms with Gasteiger partial charge in [0.05, 0.1) is 5.57 Å². The SMILES string of the molecule is CC(c1ccc2ccccc2c1)C(Cc1cccc2ccccc12)c1ccc2cc(C=C3C(=O)c4cc5ccccc5cc4C3=O)ccc2c1. The van der Waals surface area contributed by atoms with Crippen molar-refractivity contribution in [2.45, 2.75) is 25.2 Å². The van der Waals surface area contributed by atoms with Crippen molar-refractivity contribution in [1.29, 1.82) is 0 Å². The van der Waals surface area contributed by atoms with Gasteiger partial charge in [-0.15, -0.1) is 0 Å². The summed E-state index contributed by atoms with van der Waals surface area (Å²) >= 11 is 0. The molecule has 238 valence electrons. The molecule has 8 aromatic rings. The smallest absolute Gasteiger partial charge is 0.197 e. The molecule has 2 atom stereocenters.